The zero-order valence-electron chi connectivity index (χ0n) is 69.2. The van der Waals surface area contributed by atoms with Crippen LogP contribution in [0.4, 0.5) is 0 Å². The predicted molar refractivity (Wildman–Crippen MR) is 432 cm³/mol. The van der Waals surface area contributed by atoms with Gasteiger partial charge in [-0.2, -0.15) is 0 Å². The van der Waals surface area contributed by atoms with Gasteiger partial charge in [0.1, 0.15) is 19.3 Å². The van der Waals surface area contributed by atoms with Crippen LogP contribution in [0.3, 0.4) is 0 Å². The van der Waals surface area contributed by atoms with E-state index in [-0.39, 0.29) is 25.7 Å². The zero-order valence-corrected chi connectivity index (χ0v) is 71.0. The summed E-state index contributed by atoms with van der Waals surface area (Å²) in [7, 11) is -9.93. The molecule has 624 valence electrons. The Balaban J connectivity index is 5.25. The molecule has 5 atom stereocenters. The minimum atomic E-state index is -4.97. The van der Waals surface area contributed by atoms with Crippen LogP contribution in [-0.4, -0.2) is 96.7 Å². The number of carbonyl (C=O) groups excluding carboxylic acids is 4. The number of carbonyl (C=O) groups is 4. The number of phosphoric acid groups is 2. The Morgan fingerprint density at radius 3 is 0.648 bits per heavy atom. The third-order valence-electron chi connectivity index (χ3n) is 20.1. The fourth-order valence-corrected chi connectivity index (χ4v) is 14.9. The maximum atomic E-state index is 13.1. The quantitative estimate of drug-likeness (QED) is 0.0222. The van der Waals surface area contributed by atoms with Crippen molar-refractivity contribution in [1.82, 2.24) is 0 Å². The summed E-state index contributed by atoms with van der Waals surface area (Å²) in [6, 6.07) is 0. The number of aliphatic hydroxyl groups excluding tert-OH is 1. The highest BCUT2D eigenvalue weighted by Crippen LogP contribution is 2.45. The standard InChI is InChI=1S/C86H168O17P2/c1-8-9-10-11-12-13-14-15-16-17-18-19-20-21-22-27-33-40-48-55-62-69-85(90)102-81(73-96-83(88)67-60-53-46-39-32-28-23-25-30-36-43-50-57-64-77(2)3)75-100-104(92,93)98-71-80(87)72-99-105(94,95)101-76-82(74-97-84(89)68-61-54-47-42-35-38-45-52-59-66-79(6)7)103-86(91)70-63-56-49-41-34-29-24-26-31-37-44-51-58-65-78(4)5/h77-82,87H,8-76H2,1-7H3,(H,92,93)(H,94,95)/t80-,81-,82-/m1/s1. The Hall–Kier alpha value is -1.94. The van der Waals surface area contributed by atoms with Crippen molar-refractivity contribution in [2.45, 2.75) is 471 Å². The third kappa shape index (κ3) is 79.9. The number of hydrogen-bond acceptors (Lipinski definition) is 15. The van der Waals surface area contributed by atoms with E-state index in [4.69, 9.17) is 37.0 Å². The average Bonchev–Trinajstić information content (AvgIpc) is 0.907. The summed E-state index contributed by atoms with van der Waals surface area (Å²) in [6.07, 6.45) is 66.7. The molecular formula is C86H168O17P2. The van der Waals surface area contributed by atoms with E-state index >= 15 is 0 Å². The lowest BCUT2D eigenvalue weighted by Gasteiger charge is -2.21. The topological polar surface area (TPSA) is 237 Å². The van der Waals surface area contributed by atoms with Crippen LogP contribution < -0.4 is 0 Å². The summed E-state index contributed by atoms with van der Waals surface area (Å²) >= 11 is 0. The van der Waals surface area contributed by atoms with Crippen molar-refractivity contribution in [3.63, 3.8) is 0 Å². The van der Waals surface area contributed by atoms with Crippen molar-refractivity contribution >= 4 is 39.5 Å². The van der Waals surface area contributed by atoms with Gasteiger partial charge in [-0.3, -0.25) is 37.3 Å². The Labute approximate surface area is 645 Å². The van der Waals surface area contributed by atoms with Crippen LogP contribution in [0.5, 0.6) is 0 Å². The number of unbranched alkanes of at least 4 members (excludes halogenated alkanes) is 52. The first-order valence-electron chi connectivity index (χ1n) is 44.3. The van der Waals surface area contributed by atoms with E-state index in [1.165, 1.54) is 263 Å². The van der Waals surface area contributed by atoms with Crippen LogP contribution in [0.25, 0.3) is 0 Å². The molecule has 0 saturated carbocycles. The molecule has 0 saturated heterocycles. The van der Waals surface area contributed by atoms with Gasteiger partial charge in [0.2, 0.25) is 0 Å². The number of aliphatic hydroxyl groups is 1. The maximum Gasteiger partial charge on any atom is 0.472 e. The molecule has 17 nitrogen and oxygen atoms in total. The third-order valence-corrected chi connectivity index (χ3v) is 22.0. The number of esters is 4. The molecule has 0 aliphatic rings. The summed E-state index contributed by atoms with van der Waals surface area (Å²) in [5.74, 6) is 0.217. The zero-order chi connectivity index (χ0) is 77.2. The van der Waals surface area contributed by atoms with Crippen LogP contribution in [0.2, 0.25) is 0 Å². The smallest absolute Gasteiger partial charge is 0.462 e. The van der Waals surface area contributed by atoms with Gasteiger partial charge in [0.05, 0.1) is 26.4 Å². The minimum absolute atomic E-state index is 0.107. The van der Waals surface area contributed by atoms with Crippen molar-refractivity contribution < 1.29 is 80.2 Å². The number of hydrogen-bond donors (Lipinski definition) is 3. The molecule has 105 heavy (non-hydrogen) atoms. The second-order valence-electron chi connectivity index (χ2n) is 32.4. The van der Waals surface area contributed by atoms with Crippen LogP contribution in [0, 0.1) is 17.8 Å². The molecule has 0 aromatic carbocycles. The van der Waals surface area contributed by atoms with Gasteiger partial charge in [-0.25, -0.2) is 9.13 Å². The fraction of sp³-hybridized carbons (Fsp3) is 0.953. The molecule has 2 unspecified atom stereocenters. The van der Waals surface area contributed by atoms with E-state index in [0.29, 0.717) is 25.7 Å². The van der Waals surface area contributed by atoms with E-state index in [2.05, 4.69) is 48.5 Å². The first kappa shape index (κ1) is 103. The predicted octanol–water partition coefficient (Wildman–Crippen LogP) is 26.1. The molecule has 0 amide bonds. The monoisotopic (exact) mass is 1540 g/mol. The van der Waals surface area contributed by atoms with E-state index in [0.717, 1.165) is 108 Å². The van der Waals surface area contributed by atoms with E-state index < -0.39 is 97.5 Å². The summed E-state index contributed by atoms with van der Waals surface area (Å²) in [6.45, 7) is 12.0. The second kappa shape index (κ2) is 76.1. The van der Waals surface area contributed by atoms with Gasteiger partial charge >= 0.3 is 39.5 Å². The van der Waals surface area contributed by atoms with E-state index in [1.807, 2.05) is 0 Å². The van der Waals surface area contributed by atoms with Crippen molar-refractivity contribution in [1.29, 1.82) is 0 Å². The highest BCUT2D eigenvalue weighted by Gasteiger charge is 2.30. The average molecular weight is 1540 g/mol. The van der Waals surface area contributed by atoms with Gasteiger partial charge < -0.3 is 33.8 Å². The summed E-state index contributed by atoms with van der Waals surface area (Å²) < 4.78 is 68.9. The van der Waals surface area contributed by atoms with Gasteiger partial charge in [0, 0.05) is 25.7 Å². The first-order valence-corrected chi connectivity index (χ1v) is 47.3. The summed E-state index contributed by atoms with van der Waals surface area (Å²) in [5.41, 5.74) is 0. The van der Waals surface area contributed by atoms with Crippen molar-refractivity contribution in [2.24, 2.45) is 17.8 Å². The highest BCUT2D eigenvalue weighted by atomic mass is 31.2. The van der Waals surface area contributed by atoms with Crippen molar-refractivity contribution in [3.05, 3.63) is 0 Å². The van der Waals surface area contributed by atoms with Crippen LogP contribution in [0.15, 0.2) is 0 Å². The van der Waals surface area contributed by atoms with Crippen molar-refractivity contribution in [2.75, 3.05) is 39.6 Å². The van der Waals surface area contributed by atoms with E-state index in [1.54, 1.807) is 0 Å². The SMILES string of the molecule is CCCCCCCCCCCCCCCCCCCCCCCC(=O)O[C@H](COC(=O)CCCCCCCCCCCCCCCC(C)C)COP(=O)(O)OC[C@@H](O)COP(=O)(O)OC[C@@H](COC(=O)CCCCCCCCCCCC(C)C)OC(=O)CCCCCCCCCCCCCCCC(C)C. The van der Waals surface area contributed by atoms with Crippen LogP contribution in [-0.2, 0) is 65.4 Å². The number of rotatable bonds is 84. The second-order valence-corrected chi connectivity index (χ2v) is 35.3. The van der Waals surface area contributed by atoms with Gasteiger partial charge in [0.25, 0.3) is 0 Å². The normalized spacial score (nSPS) is 13.9. The molecule has 0 fully saturated rings. The van der Waals surface area contributed by atoms with Gasteiger partial charge in [-0.05, 0) is 43.4 Å². The first-order chi connectivity index (χ1) is 50.7. The molecule has 0 spiro atoms. The number of ether oxygens (including phenoxy) is 4. The van der Waals surface area contributed by atoms with Crippen LogP contribution >= 0.6 is 15.6 Å². The molecule has 0 radical (unpaired) electrons. The lowest BCUT2D eigenvalue weighted by Crippen LogP contribution is -2.30. The highest BCUT2D eigenvalue weighted by molar-refractivity contribution is 7.47. The van der Waals surface area contributed by atoms with Crippen molar-refractivity contribution in [3.8, 4) is 0 Å². The molecule has 0 aromatic heterocycles. The molecule has 0 aromatic rings. The Bertz CT molecular complexity index is 2030. The minimum Gasteiger partial charge on any atom is -0.462 e. The Morgan fingerprint density at radius 2 is 0.438 bits per heavy atom. The fourth-order valence-electron chi connectivity index (χ4n) is 13.4. The number of phosphoric ester groups is 2. The largest absolute Gasteiger partial charge is 0.472 e. The summed E-state index contributed by atoms with van der Waals surface area (Å²) in [5, 5.41) is 10.7. The van der Waals surface area contributed by atoms with E-state index in [9.17, 15) is 43.2 Å². The summed E-state index contributed by atoms with van der Waals surface area (Å²) in [4.78, 5) is 73.2. The maximum absolute atomic E-state index is 13.1. The molecule has 19 heteroatoms. The van der Waals surface area contributed by atoms with Gasteiger partial charge in [-0.1, -0.05) is 402 Å². The van der Waals surface area contributed by atoms with Gasteiger partial charge in [0.15, 0.2) is 12.2 Å². The molecule has 0 bridgehead atoms. The molecule has 3 N–H and O–H groups in total. The molecular weight excluding hydrogens is 1370 g/mol. The Kier molecular flexibility index (Phi) is 74.7. The molecule has 0 aliphatic carbocycles. The Morgan fingerprint density at radius 1 is 0.257 bits per heavy atom. The lowest BCUT2D eigenvalue weighted by atomic mass is 10.0. The van der Waals surface area contributed by atoms with Gasteiger partial charge in [-0.15, -0.1) is 0 Å². The van der Waals surface area contributed by atoms with Crippen LogP contribution in [0.1, 0.15) is 453 Å². The molecule has 0 heterocycles. The molecule has 0 aliphatic heterocycles. The lowest BCUT2D eigenvalue weighted by molar-refractivity contribution is -0.161. The molecule has 0 rings (SSSR count).